The highest BCUT2D eigenvalue weighted by molar-refractivity contribution is 5.95. The Morgan fingerprint density at radius 2 is 1.40 bits per heavy atom. The molecule has 0 unspecified atom stereocenters. The van der Waals surface area contributed by atoms with E-state index in [0.717, 1.165) is 28.5 Å². The summed E-state index contributed by atoms with van der Waals surface area (Å²) in [4.78, 5) is 41.9. The number of nitrogens with two attached hydrogens (primary N) is 2. The third kappa shape index (κ3) is 10.6. The van der Waals surface area contributed by atoms with E-state index in [1.807, 2.05) is 56.3 Å². The van der Waals surface area contributed by atoms with Crippen molar-refractivity contribution in [1.82, 2.24) is 9.80 Å². The summed E-state index contributed by atoms with van der Waals surface area (Å²) in [7, 11) is 2.93. The van der Waals surface area contributed by atoms with Crippen LogP contribution in [0.25, 0.3) is 10.8 Å². The zero-order valence-electron chi connectivity index (χ0n) is 25.9. The van der Waals surface area contributed by atoms with Gasteiger partial charge in [0.2, 0.25) is 17.7 Å². The molecule has 7 nitrogen and oxygen atoms in total. The molecule has 2 atom stereocenters. The molecular formula is C34H44F2N4O3. The van der Waals surface area contributed by atoms with Crippen LogP contribution in [0.4, 0.5) is 8.78 Å². The zero-order valence-corrected chi connectivity index (χ0v) is 25.9. The molecule has 0 bridgehead atoms. The molecule has 0 aliphatic carbocycles. The molecule has 0 spiro atoms. The van der Waals surface area contributed by atoms with Gasteiger partial charge in [-0.3, -0.25) is 14.4 Å². The Kier molecular flexibility index (Phi) is 13.0. The Labute approximate surface area is 253 Å². The van der Waals surface area contributed by atoms with E-state index in [0.29, 0.717) is 12.0 Å². The minimum absolute atomic E-state index is 0.124. The number of hydrogen-bond acceptors (Lipinski definition) is 4. The first kappa shape index (κ1) is 35.1. The molecule has 4 N–H and O–H groups in total. The lowest BCUT2D eigenvalue weighted by Gasteiger charge is -2.33. The summed E-state index contributed by atoms with van der Waals surface area (Å²) in [6.45, 7) is 7.92. The molecule has 3 aromatic carbocycles. The molecule has 0 heterocycles. The quantitative estimate of drug-likeness (QED) is 0.300. The fraction of sp³-hybridized carbons (Fsp3) is 0.382. The smallest absolute Gasteiger partial charge is 0.246 e. The maximum Gasteiger partial charge on any atom is 0.246 e. The van der Waals surface area contributed by atoms with Crippen LogP contribution in [-0.2, 0) is 27.2 Å². The number of carbonyl (C=O) groups is 3. The molecule has 0 aliphatic heterocycles. The number of nitrogens with zero attached hydrogens (tertiary/aromatic N) is 2. The monoisotopic (exact) mass is 594 g/mol. The summed E-state index contributed by atoms with van der Waals surface area (Å²) in [5.74, 6) is -3.84. The van der Waals surface area contributed by atoms with E-state index >= 15 is 0 Å². The van der Waals surface area contributed by atoms with E-state index in [4.69, 9.17) is 11.5 Å². The topological polar surface area (TPSA) is 110 Å². The summed E-state index contributed by atoms with van der Waals surface area (Å²) in [6.07, 6.45) is 4.79. The molecule has 232 valence electrons. The number of fused-ring (bicyclic) bond motifs is 1. The third-order valence-electron chi connectivity index (χ3n) is 6.80. The largest absolute Gasteiger partial charge is 0.368 e. The summed E-state index contributed by atoms with van der Waals surface area (Å²) in [5, 5.41) is 2.01. The lowest BCUT2D eigenvalue weighted by Crippen LogP contribution is -2.55. The van der Waals surface area contributed by atoms with Gasteiger partial charge < -0.3 is 21.3 Å². The predicted molar refractivity (Wildman–Crippen MR) is 168 cm³/mol. The van der Waals surface area contributed by atoms with Crippen molar-refractivity contribution < 1.29 is 23.2 Å². The molecule has 43 heavy (non-hydrogen) atoms. The van der Waals surface area contributed by atoms with Crippen molar-refractivity contribution in [2.24, 2.45) is 11.5 Å². The fourth-order valence-electron chi connectivity index (χ4n) is 4.42. The van der Waals surface area contributed by atoms with Crippen molar-refractivity contribution in [3.05, 3.63) is 95.6 Å². The minimum Gasteiger partial charge on any atom is -0.368 e. The number of primary amides is 1. The minimum atomic E-state index is -1.16. The molecule has 3 amide bonds. The van der Waals surface area contributed by atoms with Gasteiger partial charge in [0.25, 0.3) is 0 Å². The molecule has 0 saturated heterocycles. The van der Waals surface area contributed by atoms with Crippen LogP contribution in [0.5, 0.6) is 0 Å². The fourth-order valence-corrected chi connectivity index (χ4v) is 4.42. The van der Waals surface area contributed by atoms with Gasteiger partial charge in [-0.25, -0.2) is 8.78 Å². The molecule has 3 aromatic rings. The van der Waals surface area contributed by atoms with Gasteiger partial charge in [-0.1, -0.05) is 74.9 Å². The van der Waals surface area contributed by atoms with Crippen molar-refractivity contribution in [1.29, 1.82) is 0 Å². The van der Waals surface area contributed by atoms with E-state index < -0.39 is 47.0 Å². The number of hydrogen-bond donors (Lipinski definition) is 2. The highest BCUT2D eigenvalue weighted by Gasteiger charge is 2.34. The Bertz CT molecular complexity index is 1430. The SMILES string of the molecule is CCC.CN(C(=O)/C=C/CC(C)(C)N)[C@H](Cc1ccc2ccccc2c1)C(=O)N(C)[C@H](Cc1ccc(F)c(F)c1)C(N)=O. The van der Waals surface area contributed by atoms with Gasteiger partial charge in [0, 0.05) is 32.5 Å². The maximum atomic E-state index is 13.9. The van der Waals surface area contributed by atoms with E-state index in [2.05, 4.69) is 13.8 Å². The standard InChI is InChI=1S/C31H36F2N4O3.C3H8/c1-31(2,35)15-7-10-28(38)36(3)27(19-20-11-13-22-8-5-6-9-23(22)16-20)30(40)37(4)26(29(34)39)18-21-12-14-24(32)25(33)17-21;1-3-2/h5-14,16-17,26-27H,15,18-19,35H2,1-4H3,(H2,34,39);3H2,1-2H3/b10-7+;/t26-,27-;/m1./s1. The Morgan fingerprint density at radius 3 is 1.98 bits per heavy atom. The number of rotatable bonds is 11. The first-order valence-electron chi connectivity index (χ1n) is 14.4. The molecule has 3 rings (SSSR count). The summed E-state index contributed by atoms with van der Waals surface area (Å²) in [6, 6.07) is 14.7. The highest BCUT2D eigenvalue weighted by Crippen LogP contribution is 2.20. The van der Waals surface area contributed by atoms with Crippen LogP contribution in [-0.4, -0.2) is 59.2 Å². The van der Waals surface area contributed by atoms with Crippen molar-refractivity contribution in [2.75, 3.05) is 14.1 Å². The summed E-state index contributed by atoms with van der Waals surface area (Å²) in [5.41, 5.74) is 12.3. The lowest BCUT2D eigenvalue weighted by atomic mass is 9.98. The van der Waals surface area contributed by atoms with Crippen molar-refractivity contribution in [2.45, 2.75) is 71.0 Å². The van der Waals surface area contributed by atoms with Gasteiger partial charge in [-0.05, 0) is 60.4 Å². The van der Waals surface area contributed by atoms with Gasteiger partial charge in [0.05, 0.1) is 0 Å². The predicted octanol–water partition coefficient (Wildman–Crippen LogP) is 5.14. The second-order valence-electron chi connectivity index (χ2n) is 11.5. The lowest BCUT2D eigenvalue weighted by molar-refractivity contribution is -0.145. The van der Waals surface area contributed by atoms with E-state index in [9.17, 15) is 23.2 Å². The van der Waals surface area contributed by atoms with Crippen LogP contribution in [0.3, 0.4) is 0 Å². The molecule has 0 fully saturated rings. The molecule has 0 saturated carbocycles. The number of amides is 3. The molecule has 0 aliphatic rings. The van der Waals surface area contributed by atoms with Gasteiger partial charge in [-0.15, -0.1) is 0 Å². The second-order valence-corrected chi connectivity index (χ2v) is 11.5. The van der Waals surface area contributed by atoms with E-state index in [1.54, 1.807) is 6.08 Å². The number of benzene rings is 3. The van der Waals surface area contributed by atoms with Crippen LogP contribution < -0.4 is 11.5 Å². The molecule has 0 aromatic heterocycles. The molecule has 9 heteroatoms. The number of carbonyl (C=O) groups excluding carboxylic acids is 3. The Hall–Kier alpha value is -4.11. The van der Waals surface area contributed by atoms with Crippen molar-refractivity contribution in [3.8, 4) is 0 Å². The van der Waals surface area contributed by atoms with Crippen LogP contribution in [0.15, 0.2) is 72.8 Å². The van der Waals surface area contributed by atoms with Gasteiger partial charge in [0.1, 0.15) is 12.1 Å². The Morgan fingerprint density at radius 1 is 0.837 bits per heavy atom. The van der Waals surface area contributed by atoms with Crippen molar-refractivity contribution in [3.63, 3.8) is 0 Å². The molecule has 0 radical (unpaired) electrons. The van der Waals surface area contributed by atoms with Gasteiger partial charge in [-0.2, -0.15) is 0 Å². The Balaban J connectivity index is 0.00000206. The van der Waals surface area contributed by atoms with E-state index in [1.165, 1.54) is 42.5 Å². The summed E-state index contributed by atoms with van der Waals surface area (Å²) >= 11 is 0. The van der Waals surface area contributed by atoms with E-state index in [-0.39, 0.29) is 12.8 Å². The second kappa shape index (κ2) is 15.9. The van der Waals surface area contributed by atoms with Gasteiger partial charge in [0.15, 0.2) is 11.6 Å². The average Bonchev–Trinajstić information content (AvgIpc) is 2.94. The zero-order chi connectivity index (χ0) is 32.3. The first-order chi connectivity index (χ1) is 20.2. The molecular weight excluding hydrogens is 550 g/mol. The highest BCUT2D eigenvalue weighted by atomic mass is 19.2. The summed E-state index contributed by atoms with van der Waals surface area (Å²) < 4.78 is 27.2. The maximum absolute atomic E-state index is 13.9. The number of halogens is 2. The first-order valence-corrected chi connectivity index (χ1v) is 14.4. The van der Waals surface area contributed by atoms with Crippen LogP contribution in [0.1, 0.15) is 51.7 Å². The number of likely N-dealkylation sites (N-methyl/N-ethyl adjacent to an activating group) is 2. The van der Waals surface area contributed by atoms with Crippen LogP contribution in [0, 0.1) is 11.6 Å². The van der Waals surface area contributed by atoms with Crippen molar-refractivity contribution >= 4 is 28.5 Å². The third-order valence-corrected chi connectivity index (χ3v) is 6.80. The normalized spacial score (nSPS) is 12.8. The van der Waals surface area contributed by atoms with Gasteiger partial charge >= 0.3 is 0 Å². The van der Waals surface area contributed by atoms with Crippen LogP contribution in [0.2, 0.25) is 0 Å². The van der Waals surface area contributed by atoms with Crippen LogP contribution >= 0.6 is 0 Å². The average molecular weight is 595 g/mol.